The Morgan fingerprint density at radius 1 is 1.22 bits per heavy atom. The molecular formula is C22H34BrN4O4S. The summed E-state index contributed by atoms with van der Waals surface area (Å²) >= 11 is 3.39. The Labute approximate surface area is 200 Å². The zero-order chi connectivity index (χ0) is 23.9. The van der Waals surface area contributed by atoms with Crippen molar-refractivity contribution in [2.45, 2.75) is 77.0 Å². The number of nitrogens with zero attached hydrogens (tertiary/aromatic N) is 3. The van der Waals surface area contributed by atoms with Crippen molar-refractivity contribution in [1.82, 2.24) is 14.6 Å². The van der Waals surface area contributed by atoms with Gasteiger partial charge in [-0.2, -0.15) is 4.31 Å². The van der Waals surface area contributed by atoms with Gasteiger partial charge in [-0.15, -0.1) is 0 Å². The second kappa shape index (κ2) is 9.10. The number of pyridine rings is 1. The molecule has 2 aliphatic rings. The van der Waals surface area contributed by atoms with E-state index >= 15 is 0 Å². The second-order valence-electron chi connectivity index (χ2n) is 10.5. The van der Waals surface area contributed by atoms with E-state index in [0.29, 0.717) is 36.3 Å². The SMILES string of the molecule is CC(C)(C)OC(=O)N[C@H]1CCN(c2ncc(Br)cc2S(=O)(=O)N2CC[CH]C2C(C)(C)C)C1. The van der Waals surface area contributed by atoms with Crippen LogP contribution in [0.25, 0.3) is 0 Å². The molecule has 1 N–H and O–H groups in total. The molecule has 0 spiro atoms. The molecule has 2 aliphatic heterocycles. The van der Waals surface area contributed by atoms with Gasteiger partial charge < -0.3 is 15.0 Å². The van der Waals surface area contributed by atoms with Gasteiger partial charge >= 0.3 is 6.09 Å². The molecule has 2 saturated heterocycles. The molecule has 10 heteroatoms. The van der Waals surface area contributed by atoms with E-state index in [0.717, 1.165) is 6.42 Å². The van der Waals surface area contributed by atoms with Crippen LogP contribution in [0.4, 0.5) is 10.6 Å². The Balaban J connectivity index is 1.84. The molecule has 0 bridgehead atoms. The summed E-state index contributed by atoms with van der Waals surface area (Å²) in [5, 5.41) is 2.88. The van der Waals surface area contributed by atoms with Crippen molar-refractivity contribution in [3.05, 3.63) is 23.2 Å². The predicted molar refractivity (Wildman–Crippen MR) is 128 cm³/mol. The molecule has 179 valence electrons. The molecule has 1 radical (unpaired) electrons. The Kier molecular flexibility index (Phi) is 7.18. The zero-order valence-electron chi connectivity index (χ0n) is 19.7. The third kappa shape index (κ3) is 5.75. The second-order valence-corrected chi connectivity index (χ2v) is 13.3. The van der Waals surface area contributed by atoms with Gasteiger partial charge in [0.1, 0.15) is 16.3 Å². The summed E-state index contributed by atoms with van der Waals surface area (Å²) in [6.45, 7) is 13.1. The van der Waals surface area contributed by atoms with Gasteiger partial charge in [0.2, 0.25) is 10.0 Å². The Hall–Kier alpha value is -1.39. The quantitative estimate of drug-likeness (QED) is 0.634. The number of hydrogen-bond acceptors (Lipinski definition) is 6. The number of aromatic nitrogens is 1. The van der Waals surface area contributed by atoms with E-state index in [1.54, 1.807) is 16.6 Å². The van der Waals surface area contributed by atoms with Crippen LogP contribution < -0.4 is 10.2 Å². The van der Waals surface area contributed by atoms with Crippen LogP contribution in [-0.4, -0.2) is 61.1 Å². The van der Waals surface area contributed by atoms with Crippen LogP contribution in [0.1, 0.15) is 54.4 Å². The van der Waals surface area contributed by atoms with Gasteiger partial charge in [-0.25, -0.2) is 18.2 Å². The van der Waals surface area contributed by atoms with Crippen molar-refractivity contribution in [2.75, 3.05) is 24.5 Å². The Bertz CT molecular complexity index is 956. The van der Waals surface area contributed by atoms with E-state index in [-0.39, 0.29) is 22.4 Å². The van der Waals surface area contributed by atoms with E-state index in [2.05, 4.69) is 53.4 Å². The maximum absolute atomic E-state index is 13.8. The number of alkyl carbamates (subject to hydrolysis) is 1. The minimum atomic E-state index is -3.77. The van der Waals surface area contributed by atoms with Crippen LogP contribution >= 0.6 is 15.9 Å². The smallest absolute Gasteiger partial charge is 0.407 e. The minimum absolute atomic E-state index is 0.145. The number of halogens is 1. The lowest BCUT2D eigenvalue weighted by molar-refractivity contribution is 0.0509. The molecule has 8 nitrogen and oxygen atoms in total. The highest BCUT2D eigenvalue weighted by molar-refractivity contribution is 9.10. The molecule has 32 heavy (non-hydrogen) atoms. The summed E-state index contributed by atoms with van der Waals surface area (Å²) in [5.41, 5.74) is -0.785. The third-order valence-electron chi connectivity index (χ3n) is 5.53. The maximum Gasteiger partial charge on any atom is 0.407 e. The van der Waals surface area contributed by atoms with Gasteiger partial charge in [-0.3, -0.25) is 0 Å². The fourth-order valence-corrected chi connectivity index (χ4v) is 6.65. The summed E-state index contributed by atoms with van der Waals surface area (Å²) in [6, 6.07) is 1.30. The van der Waals surface area contributed by atoms with Gasteiger partial charge in [0.05, 0.1) is 6.04 Å². The van der Waals surface area contributed by atoms with E-state index in [1.807, 2.05) is 25.7 Å². The number of sulfonamides is 1. The summed E-state index contributed by atoms with van der Waals surface area (Å²) in [4.78, 5) is 18.7. The zero-order valence-corrected chi connectivity index (χ0v) is 22.1. The summed E-state index contributed by atoms with van der Waals surface area (Å²) in [7, 11) is -3.77. The average Bonchev–Trinajstić information content (AvgIpc) is 3.29. The highest BCUT2D eigenvalue weighted by Gasteiger charge is 2.43. The lowest BCUT2D eigenvalue weighted by atomic mass is 9.86. The molecule has 3 heterocycles. The molecule has 2 atom stereocenters. The van der Waals surface area contributed by atoms with E-state index < -0.39 is 21.7 Å². The van der Waals surface area contributed by atoms with Crippen molar-refractivity contribution >= 4 is 37.9 Å². The summed E-state index contributed by atoms with van der Waals surface area (Å²) in [5.74, 6) is 0.418. The lowest BCUT2D eigenvalue weighted by Crippen LogP contribution is -2.44. The van der Waals surface area contributed by atoms with Gasteiger partial charge in [0.25, 0.3) is 0 Å². The largest absolute Gasteiger partial charge is 0.444 e. The Morgan fingerprint density at radius 3 is 2.53 bits per heavy atom. The van der Waals surface area contributed by atoms with Crippen LogP contribution in [0.3, 0.4) is 0 Å². The molecule has 1 aromatic heterocycles. The Morgan fingerprint density at radius 2 is 1.91 bits per heavy atom. The topological polar surface area (TPSA) is 91.8 Å². The van der Waals surface area contributed by atoms with E-state index in [1.165, 1.54) is 0 Å². The number of carbonyl (C=O) groups is 1. The fourth-order valence-electron chi connectivity index (χ4n) is 4.18. The van der Waals surface area contributed by atoms with Gasteiger partial charge in [-0.05, 0) is 67.4 Å². The average molecular weight is 531 g/mol. The first-order chi connectivity index (χ1) is 14.7. The number of anilines is 1. The van der Waals surface area contributed by atoms with Crippen LogP contribution in [0.2, 0.25) is 0 Å². The lowest BCUT2D eigenvalue weighted by Gasteiger charge is -2.34. The molecule has 0 saturated carbocycles. The van der Waals surface area contributed by atoms with Gasteiger partial charge in [0, 0.05) is 36.3 Å². The van der Waals surface area contributed by atoms with E-state index in [4.69, 9.17) is 4.74 Å². The predicted octanol–water partition coefficient (Wildman–Crippen LogP) is 3.96. The normalized spacial score (nSPS) is 22.9. The van der Waals surface area contributed by atoms with E-state index in [9.17, 15) is 13.2 Å². The third-order valence-corrected chi connectivity index (χ3v) is 7.85. The minimum Gasteiger partial charge on any atom is -0.444 e. The summed E-state index contributed by atoms with van der Waals surface area (Å²) < 4.78 is 35.1. The standard InChI is InChI=1S/C22H34BrN4O4S/c1-21(2,3)18-8-7-10-27(18)32(29,30)17-12-15(23)13-24-19(17)26-11-9-16(14-26)25-20(28)31-22(4,5)6/h8,12-13,16,18H,7,9-11,14H2,1-6H3,(H,25,28)/t16-,18?/m0/s1. The van der Waals surface area contributed by atoms with Crippen molar-refractivity contribution in [3.63, 3.8) is 0 Å². The highest BCUT2D eigenvalue weighted by Crippen LogP contribution is 2.38. The molecule has 0 aromatic carbocycles. The molecule has 1 aromatic rings. The molecule has 1 amide bonds. The van der Waals surface area contributed by atoms with Crippen molar-refractivity contribution < 1.29 is 17.9 Å². The molecular weight excluding hydrogens is 496 g/mol. The number of carbonyl (C=O) groups excluding carboxylic acids is 1. The van der Waals surface area contributed by atoms with Crippen molar-refractivity contribution in [1.29, 1.82) is 0 Å². The first-order valence-electron chi connectivity index (χ1n) is 10.9. The number of hydrogen-bond donors (Lipinski definition) is 1. The van der Waals surface area contributed by atoms with Crippen molar-refractivity contribution in [3.8, 4) is 0 Å². The van der Waals surface area contributed by atoms with Gasteiger partial charge in [-0.1, -0.05) is 20.8 Å². The highest BCUT2D eigenvalue weighted by atomic mass is 79.9. The molecule has 1 unspecified atom stereocenters. The fraction of sp³-hybridized carbons (Fsp3) is 0.682. The molecule has 3 rings (SSSR count). The number of nitrogens with one attached hydrogen (secondary N) is 1. The van der Waals surface area contributed by atoms with Gasteiger partial charge in [0.15, 0.2) is 0 Å². The monoisotopic (exact) mass is 529 g/mol. The molecule has 0 aliphatic carbocycles. The first-order valence-corrected chi connectivity index (χ1v) is 13.2. The van der Waals surface area contributed by atoms with Crippen LogP contribution in [0.15, 0.2) is 21.6 Å². The summed E-state index contributed by atoms with van der Waals surface area (Å²) in [6.07, 6.45) is 4.63. The number of rotatable bonds is 4. The van der Waals surface area contributed by atoms with Crippen LogP contribution in [-0.2, 0) is 14.8 Å². The molecule has 2 fully saturated rings. The number of ether oxygens (including phenoxy) is 1. The maximum atomic E-state index is 13.8. The first kappa shape index (κ1) is 25.2. The number of amides is 1. The van der Waals surface area contributed by atoms with Crippen LogP contribution in [0.5, 0.6) is 0 Å². The van der Waals surface area contributed by atoms with Crippen LogP contribution in [0, 0.1) is 11.8 Å². The van der Waals surface area contributed by atoms with Crippen molar-refractivity contribution in [2.24, 2.45) is 5.41 Å².